The Bertz CT molecular complexity index is 473. The minimum atomic E-state index is 0.253. The molecule has 16 heavy (non-hydrogen) atoms. The molecule has 1 heteroatoms. The van der Waals surface area contributed by atoms with Gasteiger partial charge < -0.3 is 4.74 Å². The summed E-state index contributed by atoms with van der Waals surface area (Å²) in [6.45, 7) is 2.10. The first-order chi connectivity index (χ1) is 7.84. The lowest BCUT2D eigenvalue weighted by atomic mass is 10.0. The second kappa shape index (κ2) is 3.76. The van der Waals surface area contributed by atoms with Gasteiger partial charge in [0.15, 0.2) is 0 Å². The van der Waals surface area contributed by atoms with E-state index in [-0.39, 0.29) is 12.2 Å². The first kappa shape index (κ1) is 9.61. The molecule has 1 aliphatic rings. The topological polar surface area (TPSA) is 12.5 Å². The Hall–Kier alpha value is -1.60. The highest BCUT2D eigenvalue weighted by molar-refractivity contribution is 5.31. The van der Waals surface area contributed by atoms with Crippen molar-refractivity contribution in [3.63, 3.8) is 0 Å². The van der Waals surface area contributed by atoms with Crippen LogP contribution < -0.4 is 0 Å². The van der Waals surface area contributed by atoms with Gasteiger partial charge in [0.2, 0.25) is 0 Å². The molecule has 1 heterocycles. The smallest absolute Gasteiger partial charge is 0.114 e. The summed E-state index contributed by atoms with van der Waals surface area (Å²) in [7, 11) is 0. The second-order valence-electron chi connectivity index (χ2n) is 4.30. The number of epoxide rings is 1. The monoisotopic (exact) mass is 210 g/mol. The van der Waals surface area contributed by atoms with Gasteiger partial charge in [0.05, 0.1) is 0 Å². The Balaban J connectivity index is 1.79. The number of ether oxygens (including phenoxy) is 1. The lowest BCUT2D eigenvalue weighted by Gasteiger charge is -1.97. The Labute approximate surface area is 95.7 Å². The van der Waals surface area contributed by atoms with Crippen LogP contribution in [0.1, 0.15) is 28.9 Å². The standard InChI is InChI=1S/C15H14O/c1-11-7-9-13(10-8-11)15-14(16-15)12-5-3-2-4-6-12/h2-10,14-15H,1H3. The van der Waals surface area contributed by atoms with Gasteiger partial charge in [-0.3, -0.25) is 0 Å². The summed E-state index contributed by atoms with van der Waals surface area (Å²) >= 11 is 0. The average Bonchev–Trinajstić information content (AvgIpc) is 3.11. The predicted molar refractivity (Wildman–Crippen MR) is 64.2 cm³/mol. The highest BCUT2D eigenvalue weighted by Gasteiger charge is 2.40. The van der Waals surface area contributed by atoms with E-state index in [2.05, 4.69) is 55.5 Å². The molecule has 1 nitrogen and oxygen atoms in total. The van der Waals surface area contributed by atoms with Crippen LogP contribution in [0.4, 0.5) is 0 Å². The van der Waals surface area contributed by atoms with Crippen LogP contribution in [0, 0.1) is 6.92 Å². The van der Waals surface area contributed by atoms with E-state index >= 15 is 0 Å². The number of rotatable bonds is 2. The third kappa shape index (κ3) is 1.74. The molecule has 0 amide bonds. The Morgan fingerprint density at radius 2 is 1.31 bits per heavy atom. The Morgan fingerprint density at radius 3 is 1.94 bits per heavy atom. The lowest BCUT2D eigenvalue weighted by Crippen LogP contribution is -1.84. The molecule has 0 saturated carbocycles. The maximum atomic E-state index is 5.73. The minimum Gasteiger partial charge on any atom is -0.359 e. The summed E-state index contributed by atoms with van der Waals surface area (Å²) in [4.78, 5) is 0. The zero-order valence-corrected chi connectivity index (χ0v) is 9.26. The van der Waals surface area contributed by atoms with Gasteiger partial charge in [-0.05, 0) is 18.1 Å². The number of hydrogen-bond donors (Lipinski definition) is 0. The van der Waals surface area contributed by atoms with Gasteiger partial charge in [0.25, 0.3) is 0 Å². The van der Waals surface area contributed by atoms with E-state index in [0.29, 0.717) is 0 Å². The molecule has 3 rings (SSSR count). The first-order valence-corrected chi connectivity index (χ1v) is 5.61. The summed E-state index contributed by atoms with van der Waals surface area (Å²) in [5, 5.41) is 0. The van der Waals surface area contributed by atoms with E-state index in [1.54, 1.807) is 0 Å². The summed E-state index contributed by atoms with van der Waals surface area (Å²) < 4.78 is 5.73. The van der Waals surface area contributed by atoms with E-state index in [1.165, 1.54) is 16.7 Å². The molecule has 0 N–H and O–H groups in total. The summed E-state index contributed by atoms with van der Waals surface area (Å²) in [6, 6.07) is 19.0. The molecular weight excluding hydrogens is 196 g/mol. The molecule has 2 aromatic carbocycles. The van der Waals surface area contributed by atoms with Crippen LogP contribution in [0.2, 0.25) is 0 Å². The van der Waals surface area contributed by atoms with Crippen molar-refractivity contribution in [3.05, 3.63) is 71.3 Å². The van der Waals surface area contributed by atoms with Crippen LogP contribution in [0.15, 0.2) is 54.6 Å². The van der Waals surface area contributed by atoms with E-state index in [9.17, 15) is 0 Å². The van der Waals surface area contributed by atoms with Crippen molar-refractivity contribution in [2.24, 2.45) is 0 Å². The number of aryl methyl sites for hydroxylation is 1. The van der Waals surface area contributed by atoms with Crippen molar-refractivity contribution in [2.75, 3.05) is 0 Å². The lowest BCUT2D eigenvalue weighted by molar-refractivity contribution is 0.377. The van der Waals surface area contributed by atoms with Crippen molar-refractivity contribution >= 4 is 0 Å². The van der Waals surface area contributed by atoms with E-state index < -0.39 is 0 Å². The van der Waals surface area contributed by atoms with Crippen molar-refractivity contribution in [2.45, 2.75) is 19.1 Å². The summed E-state index contributed by atoms with van der Waals surface area (Å²) in [5.41, 5.74) is 3.84. The largest absolute Gasteiger partial charge is 0.359 e. The predicted octanol–water partition coefficient (Wildman–Crippen LogP) is 3.81. The number of benzene rings is 2. The zero-order chi connectivity index (χ0) is 11.0. The van der Waals surface area contributed by atoms with Gasteiger partial charge in [0, 0.05) is 0 Å². The fourth-order valence-corrected chi connectivity index (χ4v) is 2.02. The molecule has 1 saturated heterocycles. The third-order valence-corrected chi connectivity index (χ3v) is 3.03. The molecule has 0 spiro atoms. The Morgan fingerprint density at radius 1 is 0.750 bits per heavy atom. The molecule has 2 unspecified atom stereocenters. The van der Waals surface area contributed by atoms with Gasteiger partial charge in [-0.1, -0.05) is 60.2 Å². The maximum Gasteiger partial charge on any atom is 0.114 e. The van der Waals surface area contributed by atoms with E-state index in [4.69, 9.17) is 4.74 Å². The van der Waals surface area contributed by atoms with E-state index in [1.807, 2.05) is 6.07 Å². The van der Waals surface area contributed by atoms with Crippen LogP contribution in [-0.4, -0.2) is 0 Å². The van der Waals surface area contributed by atoms with Crippen LogP contribution in [-0.2, 0) is 4.74 Å². The van der Waals surface area contributed by atoms with Gasteiger partial charge in [-0.25, -0.2) is 0 Å². The first-order valence-electron chi connectivity index (χ1n) is 5.61. The molecule has 2 atom stereocenters. The van der Waals surface area contributed by atoms with Crippen LogP contribution in [0.3, 0.4) is 0 Å². The number of hydrogen-bond acceptors (Lipinski definition) is 1. The minimum absolute atomic E-state index is 0.253. The fraction of sp³-hybridized carbons (Fsp3) is 0.200. The van der Waals surface area contributed by atoms with Crippen molar-refractivity contribution in [3.8, 4) is 0 Å². The van der Waals surface area contributed by atoms with Crippen LogP contribution in [0.25, 0.3) is 0 Å². The van der Waals surface area contributed by atoms with Crippen LogP contribution >= 0.6 is 0 Å². The molecule has 0 radical (unpaired) electrons. The summed E-state index contributed by atoms with van der Waals surface area (Å²) in [5.74, 6) is 0. The average molecular weight is 210 g/mol. The molecule has 1 fully saturated rings. The van der Waals surface area contributed by atoms with Gasteiger partial charge >= 0.3 is 0 Å². The van der Waals surface area contributed by atoms with Crippen LogP contribution in [0.5, 0.6) is 0 Å². The highest BCUT2D eigenvalue weighted by Crippen LogP contribution is 2.50. The Kier molecular flexibility index (Phi) is 2.26. The SMILES string of the molecule is Cc1ccc(C2OC2c2ccccc2)cc1. The van der Waals surface area contributed by atoms with Crippen molar-refractivity contribution in [1.82, 2.24) is 0 Å². The molecule has 0 bridgehead atoms. The molecule has 1 aliphatic heterocycles. The third-order valence-electron chi connectivity index (χ3n) is 3.03. The molecule has 2 aromatic rings. The maximum absolute atomic E-state index is 5.73. The van der Waals surface area contributed by atoms with Crippen molar-refractivity contribution in [1.29, 1.82) is 0 Å². The molecular formula is C15H14O. The molecule has 0 aromatic heterocycles. The van der Waals surface area contributed by atoms with E-state index in [0.717, 1.165) is 0 Å². The molecule has 80 valence electrons. The quantitative estimate of drug-likeness (QED) is 0.687. The normalized spacial score (nSPS) is 23.1. The highest BCUT2D eigenvalue weighted by atomic mass is 16.6. The van der Waals surface area contributed by atoms with Gasteiger partial charge in [-0.15, -0.1) is 0 Å². The molecule has 0 aliphatic carbocycles. The second-order valence-corrected chi connectivity index (χ2v) is 4.30. The fourth-order valence-electron chi connectivity index (χ4n) is 2.02. The zero-order valence-electron chi connectivity index (χ0n) is 9.26. The van der Waals surface area contributed by atoms with Gasteiger partial charge in [0.1, 0.15) is 12.2 Å². The van der Waals surface area contributed by atoms with Gasteiger partial charge in [-0.2, -0.15) is 0 Å². The summed E-state index contributed by atoms with van der Waals surface area (Å²) in [6.07, 6.45) is 0.506. The van der Waals surface area contributed by atoms with Crippen molar-refractivity contribution < 1.29 is 4.74 Å².